The summed E-state index contributed by atoms with van der Waals surface area (Å²) in [5.74, 6) is 0.819. The number of nitrogens with zero attached hydrogens (tertiary/aromatic N) is 4. The minimum Gasteiger partial charge on any atom is -0.431 e. The summed E-state index contributed by atoms with van der Waals surface area (Å²) in [5.41, 5.74) is 8.09. The minimum absolute atomic E-state index is 0.120. The van der Waals surface area contributed by atoms with Gasteiger partial charge in [0.1, 0.15) is 23.9 Å². The number of aromatic nitrogens is 4. The van der Waals surface area contributed by atoms with Crippen LogP contribution in [0.25, 0.3) is 11.2 Å². The summed E-state index contributed by atoms with van der Waals surface area (Å²) >= 11 is 0. The molecule has 0 unspecified atom stereocenters. The van der Waals surface area contributed by atoms with Crippen LogP contribution in [0.4, 0.5) is 5.82 Å². The summed E-state index contributed by atoms with van der Waals surface area (Å²) in [6.07, 6.45) is 2.61. The summed E-state index contributed by atoms with van der Waals surface area (Å²) in [5, 5.41) is 3.01. The highest BCUT2D eigenvalue weighted by atomic mass is 31.2. The number of para-hydroxylation sites is 1. The second kappa shape index (κ2) is 11.9. The zero-order chi connectivity index (χ0) is 24.5. The number of nitrogens with one attached hydrogen (secondary N) is 1. The fourth-order valence-corrected chi connectivity index (χ4v) is 4.95. The van der Waals surface area contributed by atoms with Crippen LogP contribution in [0.15, 0.2) is 73.3 Å². The molecule has 0 bridgehead atoms. The molecule has 2 aromatic heterocycles. The fourth-order valence-electron chi connectivity index (χ4n) is 3.40. The van der Waals surface area contributed by atoms with Crippen LogP contribution >= 0.6 is 7.52 Å². The van der Waals surface area contributed by atoms with E-state index >= 15 is 0 Å². The number of nitrogen functional groups attached to an aromatic ring is 1. The number of fused-ring (bicyclic) bond motifs is 1. The lowest BCUT2D eigenvalue weighted by molar-refractivity contribution is 0.0815. The molecule has 0 radical (unpaired) electrons. The Hall–Kier alpha value is -3.30. The third-order valence-corrected chi connectivity index (χ3v) is 6.82. The van der Waals surface area contributed by atoms with Crippen molar-refractivity contribution in [3.8, 4) is 5.75 Å². The van der Waals surface area contributed by atoms with Crippen LogP contribution < -0.4 is 15.3 Å². The Balaban J connectivity index is 1.33. The molecule has 0 fully saturated rings. The van der Waals surface area contributed by atoms with Crippen LogP contribution in [-0.2, 0) is 27.2 Å². The topological polar surface area (TPSA) is 126 Å². The van der Waals surface area contributed by atoms with Crippen molar-refractivity contribution >= 4 is 24.5 Å². The number of ether oxygens (including phenoxy) is 2. The van der Waals surface area contributed by atoms with E-state index in [0.717, 1.165) is 5.56 Å². The van der Waals surface area contributed by atoms with E-state index in [2.05, 4.69) is 20.0 Å². The van der Waals surface area contributed by atoms with Gasteiger partial charge in [-0.15, -0.1) is 0 Å². The first-order valence-corrected chi connectivity index (χ1v) is 13.1. The van der Waals surface area contributed by atoms with Crippen LogP contribution in [0.1, 0.15) is 12.5 Å². The summed E-state index contributed by atoms with van der Waals surface area (Å²) in [6, 6.07) is 18.9. The quantitative estimate of drug-likeness (QED) is 0.210. The van der Waals surface area contributed by atoms with E-state index in [1.165, 1.54) is 6.33 Å². The Kier molecular flexibility index (Phi) is 8.44. The predicted molar refractivity (Wildman–Crippen MR) is 134 cm³/mol. The molecule has 0 saturated heterocycles. The van der Waals surface area contributed by atoms with Gasteiger partial charge in [-0.2, -0.15) is 0 Å². The molecule has 0 amide bonds. The Morgan fingerprint density at radius 2 is 1.80 bits per heavy atom. The smallest absolute Gasteiger partial charge is 0.342 e. The molecule has 0 aliphatic rings. The van der Waals surface area contributed by atoms with Gasteiger partial charge < -0.3 is 24.3 Å². The zero-order valence-electron chi connectivity index (χ0n) is 19.5. The first kappa shape index (κ1) is 24.8. The molecule has 0 saturated carbocycles. The number of hydrogen-bond donors (Lipinski definition) is 2. The molecule has 4 aromatic rings. The first-order valence-electron chi connectivity index (χ1n) is 11.3. The highest BCUT2D eigenvalue weighted by Gasteiger charge is 2.26. The van der Waals surface area contributed by atoms with Crippen LogP contribution in [0.3, 0.4) is 0 Å². The SMILES string of the molecule is C[C@H](Cn1cnc2c(N)ncnc21)OC[P@](=O)(NCCOCc1ccccc1)Oc1ccccc1. The molecule has 2 aromatic carbocycles. The molecule has 4 rings (SSSR count). The van der Waals surface area contributed by atoms with Gasteiger partial charge in [0.2, 0.25) is 0 Å². The van der Waals surface area contributed by atoms with Gasteiger partial charge in [-0.3, -0.25) is 4.57 Å². The molecule has 0 aliphatic carbocycles. The average Bonchev–Trinajstić information content (AvgIpc) is 3.28. The lowest BCUT2D eigenvalue weighted by Crippen LogP contribution is -2.25. The molecule has 10 nitrogen and oxygen atoms in total. The van der Waals surface area contributed by atoms with Gasteiger partial charge in [-0.05, 0) is 24.6 Å². The minimum atomic E-state index is -3.38. The third kappa shape index (κ3) is 7.10. The van der Waals surface area contributed by atoms with Gasteiger partial charge in [0.25, 0.3) is 0 Å². The molecule has 0 aliphatic heterocycles. The monoisotopic (exact) mass is 496 g/mol. The predicted octanol–water partition coefficient (Wildman–Crippen LogP) is 3.85. The summed E-state index contributed by atoms with van der Waals surface area (Å²) in [7, 11) is -3.38. The largest absolute Gasteiger partial charge is 0.431 e. The van der Waals surface area contributed by atoms with Gasteiger partial charge in [0, 0.05) is 6.54 Å². The van der Waals surface area contributed by atoms with Crippen molar-refractivity contribution in [2.75, 3.05) is 25.2 Å². The molecule has 35 heavy (non-hydrogen) atoms. The fraction of sp³-hybridized carbons (Fsp3) is 0.292. The van der Waals surface area contributed by atoms with Crippen molar-refractivity contribution in [3.63, 3.8) is 0 Å². The van der Waals surface area contributed by atoms with Gasteiger partial charge in [0.05, 0.1) is 32.2 Å². The molecule has 2 heterocycles. The van der Waals surface area contributed by atoms with Gasteiger partial charge in [-0.1, -0.05) is 48.5 Å². The van der Waals surface area contributed by atoms with Crippen molar-refractivity contribution in [1.82, 2.24) is 24.6 Å². The second-order valence-corrected chi connectivity index (χ2v) is 10.1. The van der Waals surface area contributed by atoms with Crippen LogP contribution in [-0.4, -0.2) is 45.1 Å². The number of imidazole rings is 1. The summed E-state index contributed by atoms with van der Waals surface area (Å²) in [4.78, 5) is 12.5. The molecular weight excluding hydrogens is 467 g/mol. The van der Waals surface area contributed by atoms with E-state index < -0.39 is 7.52 Å². The third-order valence-electron chi connectivity index (χ3n) is 5.12. The molecule has 2 atom stereocenters. The Morgan fingerprint density at radius 3 is 2.57 bits per heavy atom. The Morgan fingerprint density at radius 1 is 1.06 bits per heavy atom. The first-order chi connectivity index (χ1) is 17.0. The molecule has 184 valence electrons. The van der Waals surface area contributed by atoms with Crippen LogP contribution in [0, 0.1) is 0 Å². The van der Waals surface area contributed by atoms with E-state index in [9.17, 15) is 4.57 Å². The van der Waals surface area contributed by atoms with E-state index in [1.807, 2.05) is 60.0 Å². The number of hydrogen-bond acceptors (Lipinski definition) is 8. The highest BCUT2D eigenvalue weighted by Crippen LogP contribution is 2.43. The van der Waals surface area contributed by atoms with E-state index in [-0.39, 0.29) is 12.5 Å². The van der Waals surface area contributed by atoms with E-state index in [1.54, 1.807) is 18.5 Å². The van der Waals surface area contributed by atoms with Crippen molar-refractivity contribution in [2.24, 2.45) is 0 Å². The number of benzene rings is 2. The lowest BCUT2D eigenvalue weighted by Gasteiger charge is -2.23. The van der Waals surface area contributed by atoms with E-state index in [0.29, 0.717) is 49.0 Å². The average molecular weight is 497 g/mol. The number of rotatable bonds is 13. The molecular formula is C24H29N6O4P. The van der Waals surface area contributed by atoms with Crippen LogP contribution in [0.5, 0.6) is 5.75 Å². The van der Waals surface area contributed by atoms with Crippen molar-refractivity contribution < 1.29 is 18.6 Å². The maximum Gasteiger partial charge on any atom is 0.342 e. The molecule has 0 spiro atoms. The molecule has 3 N–H and O–H groups in total. The zero-order valence-corrected chi connectivity index (χ0v) is 20.4. The number of anilines is 1. The van der Waals surface area contributed by atoms with Crippen molar-refractivity contribution in [3.05, 3.63) is 78.9 Å². The number of nitrogens with two attached hydrogens (primary N) is 1. The Bertz CT molecular complexity index is 1250. The van der Waals surface area contributed by atoms with Crippen molar-refractivity contribution in [2.45, 2.75) is 26.2 Å². The standard InChI is InChI=1S/C24H29N6O4P/c1-19(14-30-17-28-22-23(25)26-16-27-24(22)30)33-18-35(31,34-21-10-6-3-7-11-21)29-12-13-32-15-20-8-4-2-5-9-20/h2-11,16-17,19H,12-15,18H2,1H3,(H,29,31)(H2,25,26,27)/t19-,35-/m1/s1. The molecule has 11 heteroatoms. The normalized spacial score (nSPS) is 14.0. The van der Waals surface area contributed by atoms with Crippen molar-refractivity contribution in [1.29, 1.82) is 0 Å². The maximum absolute atomic E-state index is 13.6. The second-order valence-electron chi connectivity index (χ2n) is 7.96. The van der Waals surface area contributed by atoms with Gasteiger partial charge in [-0.25, -0.2) is 20.0 Å². The van der Waals surface area contributed by atoms with Gasteiger partial charge in [0.15, 0.2) is 11.5 Å². The van der Waals surface area contributed by atoms with Gasteiger partial charge >= 0.3 is 7.52 Å². The van der Waals surface area contributed by atoms with Crippen LogP contribution in [0.2, 0.25) is 0 Å². The highest BCUT2D eigenvalue weighted by molar-refractivity contribution is 7.57. The Labute approximate surface area is 204 Å². The lowest BCUT2D eigenvalue weighted by atomic mass is 10.2. The summed E-state index contributed by atoms with van der Waals surface area (Å²) < 4.78 is 32.9. The maximum atomic E-state index is 13.6. The van der Waals surface area contributed by atoms with E-state index in [4.69, 9.17) is 19.7 Å². The summed E-state index contributed by atoms with van der Waals surface area (Å²) in [6.45, 7) is 3.52.